The number of rotatable bonds is 1. The first-order chi connectivity index (χ1) is 9.76. The van der Waals surface area contributed by atoms with Crippen molar-refractivity contribution in [3.05, 3.63) is 34.9 Å². The Morgan fingerprint density at radius 1 is 1.43 bits per heavy atom. The normalized spacial score (nSPS) is 23.0. The van der Waals surface area contributed by atoms with Crippen molar-refractivity contribution in [3.8, 4) is 0 Å². The van der Waals surface area contributed by atoms with Gasteiger partial charge >= 0.3 is 6.09 Å². The van der Waals surface area contributed by atoms with Crippen molar-refractivity contribution in [1.29, 1.82) is 0 Å². The van der Waals surface area contributed by atoms with Gasteiger partial charge in [-0.3, -0.25) is 0 Å². The molecule has 0 saturated carbocycles. The number of carbonyl (C=O) groups is 1. The molecule has 4 nitrogen and oxygen atoms in total. The Balaban J connectivity index is 2.01. The quantitative estimate of drug-likeness (QED) is 0.864. The molecule has 1 amide bonds. The van der Waals surface area contributed by atoms with E-state index in [0.717, 1.165) is 5.56 Å². The number of halogens is 1. The molecule has 5 heteroatoms. The molecule has 1 aromatic rings. The molecule has 1 saturated heterocycles. The lowest BCUT2D eigenvalue weighted by Gasteiger charge is -2.36. The maximum Gasteiger partial charge on any atom is 0.410 e. The number of likely N-dealkylation sites (tertiary alicyclic amines) is 1. The molecule has 21 heavy (non-hydrogen) atoms. The van der Waals surface area contributed by atoms with Gasteiger partial charge in [0.2, 0.25) is 0 Å². The summed E-state index contributed by atoms with van der Waals surface area (Å²) in [6.07, 6.45) is -0.281. The number of ether oxygens (including phenoxy) is 1. The first kappa shape index (κ1) is 16.1. The number of aliphatic hydroxyl groups is 1. The maximum atomic E-state index is 12.0. The van der Waals surface area contributed by atoms with Gasteiger partial charge in [0.25, 0.3) is 0 Å². The summed E-state index contributed by atoms with van der Waals surface area (Å²) in [6.45, 7) is 6.36. The monoisotopic (exact) mass is 311 g/mol. The number of β-amino-alcohol motifs (C(OH)–C–C–N with tert-alkyl or cyclic N) is 1. The zero-order valence-electron chi connectivity index (χ0n) is 12.7. The van der Waals surface area contributed by atoms with Crippen molar-refractivity contribution >= 4 is 17.7 Å². The van der Waals surface area contributed by atoms with Crippen LogP contribution >= 0.6 is 11.6 Å². The van der Waals surface area contributed by atoms with Crippen LogP contribution in [0.3, 0.4) is 0 Å². The Hall–Kier alpha value is -1.26. The van der Waals surface area contributed by atoms with Gasteiger partial charge in [0.05, 0.1) is 12.6 Å². The Labute approximate surface area is 130 Å². The summed E-state index contributed by atoms with van der Waals surface area (Å²) in [5, 5.41) is 11.0. The smallest absolute Gasteiger partial charge is 0.410 e. The fourth-order valence-electron chi connectivity index (χ4n) is 2.55. The van der Waals surface area contributed by atoms with E-state index in [0.29, 0.717) is 18.0 Å². The standard InChI is InChI=1S/C16H22ClNO3/c1-16(2,3)21-15(20)18-8-7-13(14(19)10-18)11-5-4-6-12(17)9-11/h4-6,9,13-14,19H,7-8,10H2,1-3H3/t13-,14-/m0/s1. The van der Waals surface area contributed by atoms with Gasteiger partial charge in [-0.1, -0.05) is 23.7 Å². The molecular formula is C16H22ClNO3. The lowest BCUT2D eigenvalue weighted by molar-refractivity contribution is -0.00151. The van der Waals surface area contributed by atoms with E-state index < -0.39 is 11.7 Å². The largest absolute Gasteiger partial charge is 0.444 e. The van der Waals surface area contributed by atoms with Crippen molar-refractivity contribution in [2.24, 2.45) is 0 Å². The minimum absolute atomic E-state index is 0.00221. The van der Waals surface area contributed by atoms with Crippen LogP contribution in [-0.2, 0) is 4.74 Å². The molecule has 0 unspecified atom stereocenters. The van der Waals surface area contributed by atoms with Crippen LogP contribution in [0.25, 0.3) is 0 Å². The minimum Gasteiger partial charge on any atom is -0.444 e. The Morgan fingerprint density at radius 3 is 2.71 bits per heavy atom. The second kappa shape index (κ2) is 6.24. The Kier molecular flexibility index (Phi) is 4.79. The van der Waals surface area contributed by atoms with E-state index in [9.17, 15) is 9.90 Å². The third-order valence-electron chi connectivity index (χ3n) is 3.51. The number of benzene rings is 1. The van der Waals surface area contributed by atoms with E-state index >= 15 is 0 Å². The van der Waals surface area contributed by atoms with Crippen molar-refractivity contribution < 1.29 is 14.6 Å². The van der Waals surface area contributed by atoms with Crippen molar-refractivity contribution in [3.63, 3.8) is 0 Å². The van der Waals surface area contributed by atoms with E-state index in [1.54, 1.807) is 4.90 Å². The van der Waals surface area contributed by atoms with Crippen molar-refractivity contribution in [2.75, 3.05) is 13.1 Å². The van der Waals surface area contributed by atoms with E-state index in [2.05, 4.69) is 0 Å². The van der Waals surface area contributed by atoms with Gasteiger partial charge in [-0.25, -0.2) is 4.79 Å². The van der Waals surface area contributed by atoms with Gasteiger partial charge < -0.3 is 14.7 Å². The molecule has 0 radical (unpaired) electrons. The van der Waals surface area contributed by atoms with Crippen LogP contribution in [-0.4, -0.2) is 40.9 Å². The molecule has 1 aliphatic rings. The third-order valence-corrected chi connectivity index (χ3v) is 3.75. The molecule has 0 aliphatic carbocycles. The number of hydrogen-bond donors (Lipinski definition) is 1. The van der Waals surface area contributed by atoms with Crippen molar-refractivity contribution in [2.45, 2.75) is 44.8 Å². The number of amides is 1. The van der Waals surface area contributed by atoms with Crippen LogP contribution in [0, 0.1) is 0 Å². The summed E-state index contributed by atoms with van der Waals surface area (Å²) in [5.41, 5.74) is 0.491. The summed E-state index contributed by atoms with van der Waals surface area (Å²) >= 11 is 6.00. The highest BCUT2D eigenvalue weighted by Crippen LogP contribution is 2.30. The zero-order chi connectivity index (χ0) is 15.6. The second-order valence-electron chi connectivity index (χ2n) is 6.44. The Bertz CT molecular complexity index is 512. The number of hydrogen-bond acceptors (Lipinski definition) is 3. The van der Waals surface area contributed by atoms with E-state index in [1.807, 2.05) is 45.0 Å². The Morgan fingerprint density at radius 2 is 2.14 bits per heavy atom. The SMILES string of the molecule is CC(C)(C)OC(=O)N1CC[C@@H](c2cccc(Cl)c2)[C@@H](O)C1. The molecule has 116 valence electrons. The summed E-state index contributed by atoms with van der Waals surface area (Å²) in [7, 11) is 0. The summed E-state index contributed by atoms with van der Waals surface area (Å²) in [6, 6.07) is 7.53. The average Bonchev–Trinajstić information content (AvgIpc) is 2.36. The molecule has 2 atom stereocenters. The first-order valence-electron chi connectivity index (χ1n) is 7.18. The number of aliphatic hydroxyl groups excluding tert-OH is 1. The zero-order valence-corrected chi connectivity index (χ0v) is 13.4. The van der Waals surface area contributed by atoms with Crippen LogP contribution in [0.15, 0.2) is 24.3 Å². The highest BCUT2D eigenvalue weighted by Gasteiger charge is 2.33. The second-order valence-corrected chi connectivity index (χ2v) is 6.88. The lowest BCUT2D eigenvalue weighted by Crippen LogP contribution is -2.47. The van der Waals surface area contributed by atoms with Crippen LogP contribution in [0.4, 0.5) is 4.79 Å². The summed E-state index contributed by atoms with van der Waals surface area (Å²) in [4.78, 5) is 13.6. The molecule has 0 bridgehead atoms. The molecule has 1 fully saturated rings. The molecule has 2 rings (SSSR count). The highest BCUT2D eigenvalue weighted by molar-refractivity contribution is 6.30. The fourth-order valence-corrected chi connectivity index (χ4v) is 2.75. The maximum absolute atomic E-state index is 12.0. The van der Waals surface area contributed by atoms with Crippen LogP contribution in [0.2, 0.25) is 5.02 Å². The van der Waals surface area contributed by atoms with Crippen molar-refractivity contribution in [1.82, 2.24) is 4.90 Å². The third kappa shape index (κ3) is 4.35. The predicted octanol–water partition coefficient (Wildman–Crippen LogP) is 3.43. The average molecular weight is 312 g/mol. The van der Waals surface area contributed by atoms with E-state index in [1.165, 1.54) is 0 Å². The molecule has 1 aromatic carbocycles. The number of carbonyl (C=O) groups excluding carboxylic acids is 1. The van der Waals surface area contributed by atoms with Crippen LogP contribution in [0.1, 0.15) is 38.7 Å². The van der Waals surface area contributed by atoms with Crippen LogP contribution < -0.4 is 0 Å². The topological polar surface area (TPSA) is 49.8 Å². The van der Waals surface area contributed by atoms with Gasteiger partial charge in [0.15, 0.2) is 0 Å². The van der Waals surface area contributed by atoms with Gasteiger partial charge in [-0.05, 0) is 44.9 Å². The lowest BCUT2D eigenvalue weighted by atomic mass is 9.87. The van der Waals surface area contributed by atoms with Crippen LogP contribution in [0.5, 0.6) is 0 Å². The van der Waals surface area contributed by atoms with Gasteiger partial charge in [0, 0.05) is 17.5 Å². The van der Waals surface area contributed by atoms with Gasteiger partial charge in [0.1, 0.15) is 5.60 Å². The molecule has 0 spiro atoms. The minimum atomic E-state index is -0.607. The molecule has 1 aliphatic heterocycles. The molecular weight excluding hydrogens is 290 g/mol. The molecule has 1 heterocycles. The summed E-state index contributed by atoms with van der Waals surface area (Å²) in [5.74, 6) is 0.00221. The number of nitrogens with zero attached hydrogens (tertiary/aromatic N) is 1. The number of piperidine rings is 1. The van der Waals surface area contributed by atoms with E-state index in [4.69, 9.17) is 16.3 Å². The summed E-state index contributed by atoms with van der Waals surface area (Å²) < 4.78 is 5.34. The molecule has 0 aromatic heterocycles. The predicted molar refractivity (Wildman–Crippen MR) is 82.6 cm³/mol. The first-order valence-corrected chi connectivity index (χ1v) is 7.55. The fraction of sp³-hybridized carbons (Fsp3) is 0.562. The molecule has 1 N–H and O–H groups in total. The van der Waals surface area contributed by atoms with Gasteiger partial charge in [-0.15, -0.1) is 0 Å². The van der Waals surface area contributed by atoms with E-state index in [-0.39, 0.29) is 18.6 Å². The highest BCUT2D eigenvalue weighted by atomic mass is 35.5. The van der Waals surface area contributed by atoms with Gasteiger partial charge in [-0.2, -0.15) is 0 Å².